The van der Waals surface area contributed by atoms with E-state index in [1.165, 1.54) is 17.8 Å². The molecule has 1 N–H and O–H groups in total. The number of amides is 1. The number of esters is 1. The molecule has 4 rings (SSSR count). The molecule has 2 aromatic heterocycles. The Morgan fingerprint density at radius 2 is 2.07 bits per heavy atom. The average Bonchev–Trinajstić information content (AvgIpc) is 3.27. The van der Waals surface area contributed by atoms with Crippen LogP contribution in [0.1, 0.15) is 60.1 Å². The van der Waals surface area contributed by atoms with Crippen molar-refractivity contribution >= 4 is 33.4 Å². The fourth-order valence-corrected chi connectivity index (χ4v) is 5.33. The maximum absolute atomic E-state index is 12.7. The number of ether oxygens (including phenoxy) is 1. The number of nitrogens with one attached hydrogen (secondary N) is 1. The van der Waals surface area contributed by atoms with Gasteiger partial charge in [-0.3, -0.25) is 14.2 Å². The van der Waals surface area contributed by atoms with E-state index >= 15 is 0 Å². The quantitative estimate of drug-likeness (QED) is 0.793. The highest BCUT2D eigenvalue weighted by Crippen LogP contribution is 2.29. The van der Waals surface area contributed by atoms with Gasteiger partial charge in [0, 0.05) is 19.0 Å². The molecule has 2 aromatic rings. The van der Waals surface area contributed by atoms with E-state index in [2.05, 4.69) is 17.2 Å². The molecule has 1 fully saturated rings. The number of aromatic nitrogens is 2. The van der Waals surface area contributed by atoms with E-state index < -0.39 is 5.97 Å². The van der Waals surface area contributed by atoms with Crippen molar-refractivity contribution in [1.82, 2.24) is 14.9 Å². The second-order valence-electron chi connectivity index (χ2n) is 7.84. The highest BCUT2D eigenvalue weighted by Gasteiger charge is 2.26. The van der Waals surface area contributed by atoms with Gasteiger partial charge in [-0.25, -0.2) is 9.78 Å². The summed E-state index contributed by atoms with van der Waals surface area (Å²) in [7, 11) is 0. The van der Waals surface area contributed by atoms with Crippen molar-refractivity contribution in [2.45, 2.75) is 65.0 Å². The third-order valence-electron chi connectivity index (χ3n) is 5.89. The van der Waals surface area contributed by atoms with Gasteiger partial charge in [-0.15, -0.1) is 11.3 Å². The molecule has 0 unspecified atom stereocenters. The average molecular weight is 404 g/mol. The fourth-order valence-electron chi connectivity index (χ4n) is 4.25. The molecule has 0 bridgehead atoms. The maximum Gasteiger partial charge on any atom is 0.349 e. The third kappa shape index (κ3) is 3.45. The van der Waals surface area contributed by atoms with Gasteiger partial charge in [0.15, 0.2) is 6.61 Å². The first-order valence-corrected chi connectivity index (χ1v) is 10.8. The molecule has 1 amide bonds. The van der Waals surface area contributed by atoms with Crippen LogP contribution in [0.15, 0.2) is 4.79 Å². The normalized spacial score (nSPS) is 21.5. The van der Waals surface area contributed by atoms with Crippen LogP contribution < -0.4 is 10.9 Å². The number of thiophene rings is 1. The number of carbonyl (C=O) groups is 2. The number of nitrogens with zero attached hydrogens (tertiary/aromatic N) is 2. The summed E-state index contributed by atoms with van der Waals surface area (Å²) in [6, 6.07) is 0.151. The van der Waals surface area contributed by atoms with Gasteiger partial charge >= 0.3 is 5.97 Å². The molecular weight excluding hydrogens is 378 g/mol. The molecule has 3 heterocycles. The summed E-state index contributed by atoms with van der Waals surface area (Å²) in [5.74, 6) is 0.374. The topological polar surface area (TPSA) is 90.3 Å². The van der Waals surface area contributed by atoms with Gasteiger partial charge in [0.1, 0.15) is 15.5 Å². The molecule has 0 aromatic carbocycles. The SMILES string of the molecule is Cc1c(C(=O)OCC(=O)N[C@@H]2CCCC[C@@H]2C)sc2nc3n(c(=O)c12)CCC3. The molecule has 2 atom stereocenters. The van der Waals surface area contributed by atoms with Crippen molar-refractivity contribution in [2.75, 3.05) is 6.61 Å². The predicted molar refractivity (Wildman–Crippen MR) is 107 cm³/mol. The van der Waals surface area contributed by atoms with Gasteiger partial charge in [-0.05, 0) is 37.7 Å². The lowest BCUT2D eigenvalue weighted by Gasteiger charge is -2.29. The van der Waals surface area contributed by atoms with Crippen LogP contribution in [0, 0.1) is 12.8 Å². The van der Waals surface area contributed by atoms with E-state index in [1.807, 2.05) is 0 Å². The Morgan fingerprint density at radius 3 is 2.86 bits per heavy atom. The molecule has 7 nitrogen and oxygen atoms in total. The standard InChI is InChI=1S/C20H25N3O4S/c1-11-6-3-4-7-13(11)21-15(24)10-27-20(26)17-12(2)16-18(28-17)22-14-8-5-9-23(14)19(16)25/h11,13H,3-10H2,1-2H3,(H,21,24)/t11-,13+/m0/s1. The van der Waals surface area contributed by atoms with Crippen LogP contribution in [0.25, 0.3) is 10.2 Å². The van der Waals surface area contributed by atoms with Crippen molar-refractivity contribution in [3.05, 3.63) is 26.6 Å². The van der Waals surface area contributed by atoms with Gasteiger partial charge in [0.05, 0.1) is 5.39 Å². The van der Waals surface area contributed by atoms with E-state index in [-0.39, 0.29) is 24.1 Å². The zero-order chi connectivity index (χ0) is 19.8. The molecule has 1 aliphatic heterocycles. The fraction of sp³-hybridized carbons (Fsp3) is 0.600. The Morgan fingerprint density at radius 1 is 1.29 bits per heavy atom. The molecule has 28 heavy (non-hydrogen) atoms. The van der Waals surface area contributed by atoms with E-state index in [9.17, 15) is 14.4 Å². The lowest BCUT2D eigenvalue weighted by atomic mass is 9.86. The Labute approximate surface area is 167 Å². The number of hydrogen-bond donors (Lipinski definition) is 1. The first kappa shape index (κ1) is 19.1. The molecule has 0 radical (unpaired) electrons. The first-order valence-electron chi connectivity index (χ1n) is 9.95. The minimum Gasteiger partial charge on any atom is -0.451 e. The first-order chi connectivity index (χ1) is 13.5. The Bertz CT molecular complexity index is 993. The molecule has 0 spiro atoms. The second kappa shape index (κ2) is 7.66. The Kier molecular flexibility index (Phi) is 5.23. The Hall–Kier alpha value is -2.22. The van der Waals surface area contributed by atoms with Gasteiger partial charge in [-0.2, -0.15) is 0 Å². The van der Waals surface area contributed by atoms with Crippen LogP contribution in [-0.2, 0) is 22.5 Å². The van der Waals surface area contributed by atoms with Crippen molar-refractivity contribution in [2.24, 2.45) is 5.92 Å². The third-order valence-corrected chi connectivity index (χ3v) is 7.05. The summed E-state index contributed by atoms with van der Waals surface area (Å²) in [4.78, 5) is 42.9. The summed E-state index contributed by atoms with van der Waals surface area (Å²) in [6.07, 6.45) is 6.09. The van der Waals surface area contributed by atoms with Crippen LogP contribution in [0.5, 0.6) is 0 Å². The molecule has 8 heteroatoms. The van der Waals surface area contributed by atoms with Crippen molar-refractivity contribution in [1.29, 1.82) is 0 Å². The molecule has 1 saturated carbocycles. The molecule has 0 saturated heterocycles. The molecule has 150 valence electrons. The summed E-state index contributed by atoms with van der Waals surface area (Å²) in [5, 5.41) is 3.47. The number of rotatable bonds is 4. The maximum atomic E-state index is 12.7. The lowest BCUT2D eigenvalue weighted by molar-refractivity contribution is -0.125. The van der Waals surface area contributed by atoms with Crippen molar-refractivity contribution in [3.63, 3.8) is 0 Å². The number of carbonyl (C=O) groups excluding carboxylic acids is 2. The van der Waals surface area contributed by atoms with E-state index in [4.69, 9.17) is 4.74 Å². The minimum absolute atomic E-state index is 0.0886. The van der Waals surface area contributed by atoms with Gasteiger partial charge in [-0.1, -0.05) is 19.8 Å². The zero-order valence-electron chi connectivity index (χ0n) is 16.2. The summed E-state index contributed by atoms with van der Waals surface area (Å²) < 4.78 is 6.93. The number of aryl methyl sites for hydroxylation is 2. The van der Waals surface area contributed by atoms with Crippen molar-refractivity contribution in [3.8, 4) is 0 Å². The summed E-state index contributed by atoms with van der Waals surface area (Å²) in [6.45, 7) is 4.24. The largest absolute Gasteiger partial charge is 0.451 e. The minimum atomic E-state index is -0.572. The van der Waals surface area contributed by atoms with Crippen LogP contribution in [-0.4, -0.2) is 34.1 Å². The lowest BCUT2D eigenvalue weighted by Crippen LogP contribution is -2.42. The van der Waals surface area contributed by atoms with Crippen LogP contribution in [0.2, 0.25) is 0 Å². The van der Waals surface area contributed by atoms with E-state index in [0.29, 0.717) is 33.1 Å². The number of hydrogen-bond acceptors (Lipinski definition) is 6. The highest BCUT2D eigenvalue weighted by molar-refractivity contribution is 7.20. The molecule has 2 aliphatic rings. The molecular formula is C20H25N3O4S. The van der Waals surface area contributed by atoms with Crippen molar-refractivity contribution < 1.29 is 14.3 Å². The smallest absolute Gasteiger partial charge is 0.349 e. The van der Waals surface area contributed by atoms with Crippen LogP contribution in [0.4, 0.5) is 0 Å². The summed E-state index contributed by atoms with van der Waals surface area (Å²) >= 11 is 1.17. The number of fused-ring (bicyclic) bond motifs is 2. The monoisotopic (exact) mass is 403 g/mol. The highest BCUT2D eigenvalue weighted by atomic mass is 32.1. The summed E-state index contributed by atoms with van der Waals surface area (Å²) in [5.41, 5.74) is 0.500. The zero-order valence-corrected chi connectivity index (χ0v) is 17.1. The predicted octanol–water partition coefficient (Wildman–Crippen LogP) is 2.56. The van der Waals surface area contributed by atoms with Crippen LogP contribution >= 0.6 is 11.3 Å². The van der Waals surface area contributed by atoms with Gasteiger partial charge in [0.2, 0.25) is 0 Å². The van der Waals surface area contributed by atoms with Crippen LogP contribution in [0.3, 0.4) is 0 Å². The van der Waals surface area contributed by atoms with E-state index in [1.54, 1.807) is 11.5 Å². The van der Waals surface area contributed by atoms with Gasteiger partial charge in [0.25, 0.3) is 11.5 Å². The molecule has 1 aliphatic carbocycles. The van der Waals surface area contributed by atoms with E-state index in [0.717, 1.165) is 37.9 Å². The second-order valence-corrected chi connectivity index (χ2v) is 8.84. The van der Waals surface area contributed by atoms with Gasteiger partial charge < -0.3 is 10.1 Å². The Balaban J connectivity index is 1.46.